The van der Waals surface area contributed by atoms with E-state index in [0.717, 1.165) is 42.9 Å². The van der Waals surface area contributed by atoms with Gasteiger partial charge in [0.05, 0.1) is 6.54 Å². The molecule has 3 N–H and O–H groups in total. The van der Waals surface area contributed by atoms with E-state index < -0.39 is 5.97 Å². The van der Waals surface area contributed by atoms with E-state index in [1.807, 2.05) is 7.05 Å². The number of hydrogen-bond acceptors (Lipinski definition) is 3. The Kier molecular flexibility index (Phi) is 7.00. The molecule has 2 bridgehead atoms. The maximum Gasteiger partial charge on any atom is 0.303 e. The van der Waals surface area contributed by atoms with Gasteiger partial charge in [-0.05, 0) is 119 Å². The van der Waals surface area contributed by atoms with Crippen LogP contribution in [-0.2, 0) is 9.59 Å². The molecule has 4 aliphatic carbocycles. The molecule has 4 fully saturated rings. The molecule has 4 saturated carbocycles. The minimum Gasteiger partial charge on any atom is -0.481 e. The summed E-state index contributed by atoms with van der Waals surface area (Å²) in [6.07, 6.45) is 16.8. The summed E-state index contributed by atoms with van der Waals surface area (Å²) in [6, 6.07) is 0.369. The minimum absolute atomic E-state index is 0.144. The van der Waals surface area contributed by atoms with Gasteiger partial charge in [-0.3, -0.25) is 9.59 Å². The van der Waals surface area contributed by atoms with Gasteiger partial charge in [-0.2, -0.15) is 0 Å². The van der Waals surface area contributed by atoms with Crippen molar-refractivity contribution in [2.45, 2.75) is 103 Å². The Morgan fingerprint density at radius 2 is 1.90 bits per heavy atom. The topological polar surface area (TPSA) is 78.4 Å². The van der Waals surface area contributed by atoms with E-state index >= 15 is 0 Å². The van der Waals surface area contributed by atoms with E-state index in [2.05, 4.69) is 17.6 Å². The van der Waals surface area contributed by atoms with Crippen LogP contribution in [0.25, 0.3) is 0 Å². The van der Waals surface area contributed by atoms with Gasteiger partial charge in [0.1, 0.15) is 0 Å². The van der Waals surface area contributed by atoms with Crippen molar-refractivity contribution in [3.05, 3.63) is 0 Å². The van der Waals surface area contributed by atoms with Crippen LogP contribution >= 0.6 is 0 Å². The SMILES string of the molecule is CNCC(=O)NC1CCC23CCCC4(C)C(CC[C@@H]4CCCC(=O)O)C(CCC2C1)C3. The van der Waals surface area contributed by atoms with Crippen LogP contribution in [0.3, 0.4) is 0 Å². The van der Waals surface area contributed by atoms with Crippen LogP contribution in [0.4, 0.5) is 0 Å². The molecule has 1 amide bonds. The highest BCUT2D eigenvalue weighted by Crippen LogP contribution is 2.64. The van der Waals surface area contributed by atoms with Crippen molar-refractivity contribution in [3.8, 4) is 0 Å². The number of carboxylic acids is 1. The number of likely N-dealkylation sites (N-methyl/N-ethyl adjacent to an activating group) is 1. The van der Waals surface area contributed by atoms with Gasteiger partial charge >= 0.3 is 5.97 Å². The van der Waals surface area contributed by atoms with Crippen LogP contribution in [0.2, 0.25) is 0 Å². The number of hydrogen-bond donors (Lipinski definition) is 3. The molecule has 4 rings (SSSR count). The summed E-state index contributed by atoms with van der Waals surface area (Å²) in [5, 5.41) is 15.3. The van der Waals surface area contributed by atoms with Gasteiger partial charge in [-0.1, -0.05) is 13.3 Å². The van der Waals surface area contributed by atoms with Gasteiger partial charge < -0.3 is 15.7 Å². The van der Waals surface area contributed by atoms with Gasteiger partial charge in [-0.25, -0.2) is 0 Å². The molecule has 0 aromatic rings. The summed E-state index contributed by atoms with van der Waals surface area (Å²) in [7, 11) is 1.83. The molecule has 31 heavy (non-hydrogen) atoms. The monoisotopic (exact) mass is 432 g/mol. The van der Waals surface area contributed by atoms with Gasteiger partial charge in [0.15, 0.2) is 0 Å². The summed E-state index contributed by atoms with van der Waals surface area (Å²) >= 11 is 0. The number of amides is 1. The van der Waals surface area contributed by atoms with Crippen LogP contribution in [0.5, 0.6) is 0 Å². The summed E-state index contributed by atoms with van der Waals surface area (Å²) in [4.78, 5) is 23.1. The predicted octanol–water partition coefficient (Wildman–Crippen LogP) is 4.75. The highest BCUT2D eigenvalue weighted by Gasteiger charge is 2.55. The second kappa shape index (κ2) is 9.41. The van der Waals surface area contributed by atoms with E-state index in [9.17, 15) is 9.59 Å². The fourth-order valence-electron chi connectivity index (χ4n) is 8.76. The average Bonchev–Trinajstić information content (AvgIpc) is 3.03. The molecule has 0 heterocycles. The van der Waals surface area contributed by atoms with Crippen LogP contribution in [-0.4, -0.2) is 36.6 Å². The highest BCUT2D eigenvalue weighted by atomic mass is 16.4. The lowest BCUT2D eigenvalue weighted by atomic mass is 9.49. The van der Waals surface area contributed by atoms with Crippen LogP contribution in [0.15, 0.2) is 0 Å². The Morgan fingerprint density at radius 3 is 2.68 bits per heavy atom. The van der Waals surface area contributed by atoms with Crippen molar-refractivity contribution >= 4 is 11.9 Å². The number of aliphatic carboxylic acids is 1. The number of carboxylic acid groups (broad SMARTS) is 1. The largest absolute Gasteiger partial charge is 0.481 e. The summed E-state index contributed by atoms with van der Waals surface area (Å²) in [5.41, 5.74) is 0.950. The zero-order valence-corrected chi connectivity index (χ0v) is 19.8. The van der Waals surface area contributed by atoms with E-state index in [-0.39, 0.29) is 5.91 Å². The van der Waals surface area contributed by atoms with Crippen molar-refractivity contribution in [1.29, 1.82) is 0 Å². The summed E-state index contributed by atoms with van der Waals surface area (Å²) < 4.78 is 0. The minimum atomic E-state index is -0.643. The molecule has 0 saturated heterocycles. The van der Waals surface area contributed by atoms with E-state index in [1.165, 1.54) is 64.2 Å². The predicted molar refractivity (Wildman–Crippen MR) is 123 cm³/mol. The lowest BCUT2D eigenvalue weighted by molar-refractivity contribution is -0.137. The Morgan fingerprint density at radius 1 is 1.06 bits per heavy atom. The molecular weight excluding hydrogens is 388 g/mol. The molecule has 0 aliphatic heterocycles. The number of rotatable bonds is 7. The van der Waals surface area contributed by atoms with Crippen molar-refractivity contribution < 1.29 is 14.7 Å². The first kappa shape index (κ1) is 23.1. The molecule has 0 aromatic heterocycles. The Labute approximate surface area is 188 Å². The number of carbonyl (C=O) groups excluding carboxylic acids is 1. The van der Waals surface area contributed by atoms with Gasteiger partial charge in [0.2, 0.25) is 5.91 Å². The zero-order chi connectivity index (χ0) is 22.1. The van der Waals surface area contributed by atoms with Crippen molar-refractivity contribution in [3.63, 3.8) is 0 Å². The third-order valence-corrected chi connectivity index (χ3v) is 10.2. The third-order valence-electron chi connectivity index (χ3n) is 10.2. The van der Waals surface area contributed by atoms with Gasteiger partial charge in [0.25, 0.3) is 0 Å². The number of fused-ring (bicyclic) bond motifs is 3. The molecule has 4 aliphatic rings. The Balaban J connectivity index is 1.41. The summed E-state index contributed by atoms with van der Waals surface area (Å²) in [6.45, 7) is 2.98. The molecule has 7 atom stereocenters. The molecule has 5 heteroatoms. The standard InChI is InChI=1S/C26H44N2O3/c1-25-12-4-13-26-14-11-21(28-23(29)17-27-2)15-20(26)8-7-18(16-26)22(25)10-9-19(25)5-3-6-24(30)31/h18-22,27H,3-17H2,1-2H3,(H,28,29)(H,30,31)/t18?,19-,20?,21?,22?,25?,26?/m0/s1. The van der Waals surface area contributed by atoms with Gasteiger partial charge in [0, 0.05) is 12.5 Å². The fraction of sp³-hybridized carbons (Fsp3) is 0.923. The van der Waals surface area contributed by atoms with E-state index in [4.69, 9.17) is 5.11 Å². The maximum atomic E-state index is 12.1. The van der Waals surface area contributed by atoms with Crippen molar-refractivity contribution in [1.82, 2.24) is 10.6 Å². The lowest BCUT2D eigenvalue weighted by Crippen LogP contribution is -2.51. The normalized spacial score (nSPS) is 42.1. The molecule has 176 valence electrons. The second-order valence-corrected chi connectivity index (χ2v) is 11.7. The third kappa shape index (κ3) is 4.67. The first-order valence-electron chi connectivity index (χ1n) is 13.0. The zero-order valence-electron chi connectivity index (χ0n) is 19.8. The first-order valence-corrected chi connectivity index (χ1v) is 13.0. The molecule has 0 aromatic carbocycles. The molecule has 0 radical (unpaired) electrons. The van der Waals surface area contributed by atoms with Crippen LogP contribution in [0, 0.1) is 34.5 Å². The van der Waals surface area contributed by atoms with Crippen LogP contribution < -0.4 is 10.6 Å². The molecule has 1 spiro atoms. The molecule has 6 unspecified atom stereocenters. The quantitative estimate of drug-likeness (QED) is 0.542. The number of carbonyl (C=O) groups is 2. The second-order valence-electron chi connectivity index (χ2n) is 11.7. The Bertz CT molecular complexity index is 667. The van der Waals surface area contributed by atoms with Crippen LogP contribution in [0.1, 0.15) is 96.8 Å². The maximum absolute atomic E-state index is 12.1. The van der Waals surface area contributed by atoms with E-state index in [0.29, 0.717) is 29.8 Å². The summed E-state index contributed by atoms with van der Waals surface area (Å²) in [5.74, 6) is 2.71. The average molecular weight is 433 g/mol. The van der Waals surface area contributed by atoms with E-state index in [1.54, 1.807) is 0 Å². The first-order chi connectivity index (χ1) is 14.9. The van der Waals surface area contributed by atoms with Crippen molar-refractivity contribution in [2.24, 2.45) is 34.5 Å². The van der Waals surface area contributed by atoms with Crippen molar-refractivity contribution in [2.75, 3.05) is 13.6 Å². The Hall–Kier alpha value is -1.10. The van der Waals surface area contributed by atoms with Gasteiger partial charge in [-0.15, -0.1) is 0 Å². The lowest BCUT2D eigenvalue weighted by Gasteiger charge is -2.57. The smallest absolute Gasteiger partial charge is 0.303 e. The highest BCUT2D eigenvalue weighted by molar-refractivity contribution is 5.78. The fourth-order valence-corrected chi connectivity index (χ4v) is 8.76. The number of nitrogens with one attached hydrogen (secondary N) is 2. The molecular formula is C26H44N2O3. The molecule has 5 nitrogen and oxygen atoms in total.